The summed E-state index contributed by atoms with van der Waals surface area (Å²) in [6.07, 6.45) is 2.24. The Morgan fingerprint density at radius 3 is 2.70 bits per heavy atom. The molecule has 0 unspecified atom stereocenters. The Bertz CT molecular complexity index is 955. The van der Waals surface area contributed by atoms with Crippen molar-refractivity contribution in [1.82, 2.24) is 25.5 Å². The van der Waals surface area contributed by atoms with Gasteiger partial charge in [0.25, 0.3) is 0 Å². The third-order valence-corrected chi connectivity index (χ3v) is 6.08. The number of thioether (sulfide) groups is 1. The summed E-state index contributed by atoms with van der Waals surface area (Å²) >= 11 is 1.34. The summed E-state index contributed by atoms with van der Waals surface area (Å²) in [4.78, 5) is 12.4. The van der Waals surface area contributed by atoms with Gasteiger partial charge in [-0.25, -0.2) is 4.68 Å². The van der Waals surface area contributed by atoms with Crippen LogP contribution in [0, 0.1) is 0 Å². The number of benzene rings is 2. The van der Waals surface area contributed by atoms with Crippen molar-refractivity contribution in [3.8, 4) is 11.1 Å². The second kappa shape index (κ2) is 9.86. The quantitative estimate of drug-likeness (QED) is 0.559. The zero-order valence-corrected chi connectivity index (χ0v) is 17.7. The molecule has 3 aromatic rings. The lowest BCUT2D eigenvalue weighted by molar-refractivity contribution is -0.119. The van der Waals surface area contributed by atoms with Gasteiger partial charge in [0.2, 0.25) is 11.1 Å². The third-order valence-electron chi connectivity index (χ3n) is 5.13. The minimum Gasteiger partial charge on any atom is -0.376 e. The fourth-order valence-electron chi connectivity index (χ4n) is 3.49. The molecule has 7 nitrogen and oxygen atoms in total. The molecule has 1 fully saturated rings. The number of aromatic nitrogens is 4. The number of hydrogen-bond acceptors (Lipinski definition) is 6. The number of amides is 1. The molecular weight excluding hydrogens is 398 g/mol. The van der Waals surface area contributed by atoms with Gasteiger partial charge in [0.1, 0.15) is 0 Å². The van der Waals surface area contributed by atoms with E-state index in [2.05, 4.69) is 57.2 Å². The van der Waals surface area contributed by atoms with E-state index < -0.39 is 0 Å². The second-order valence-corrected chi connectivity index (χ2v) is 8.29. The summed E-state index contributed by atoms with van der Waals surface area (Å²) in [6.45, 7) is 3.41. The topological polar surface area (TPSA) is 81.9 Å². The zero-order valence-electron chi connectivity index (χ0n) is 16.9. The van der Waals surface area contributed by atoms with Crippen molar-refractivity contribution in [2.75, 3.05) is 12.4 Å². The van der Waals surface area contributed by atoms with Gasteiger partial charge in [0.15, 0.2) is 0 Å². The average molecular weight is 424 g/mol. The smallest absolute Gasteiger partial charge is 0.230 e. The predicted molar refractivity (Wildman–Crippen MR) is 116 cm³/mol. The Hall–Kier alpha value is -2.71. The number of hydrogen-bond donors (Lipinski definition) is 1. The molecule has 156 valence electrons. The summed E-state index contributed by atoms with van der Waals surface area (Å²) in [5, 5.41) is 15.5. The van der Waals surface area contributed by atoms with Crippen molar-refractivity contribution >= 4 is 17.7 Å². The molecule has 1 aliphatic rings. The molecule has 2 heterocycles. The molecule has 0 radical (unpaired) electrons. The Balaban J connectivity index is 1.28. The average Bonchev–Trinajstić information content (AvgIpc) is 3.45. The Morgan fingerprint density at radius 1 is 1.20 bits per heavy atom. The van der Waals surface area contributed by atoms with Gasteiger partial charge in [-0.3, -0.25) is 4.79 Å². The molecule has 4 rings (SSSR count). The second-order valence-electron chi connectivity index (χ2n) is 7.34. The van der Waals surface area contributed by atoms with E-state index in [4.69, 9.17) is 4.74 Å². The van der Waals surface area contributed by atoms with E-state index in [-0.39, 0.29) is 23.8 Å². The predicted octanol–water partition coefficient (Wildman–Crippen LogP) is 3.49. The van der Waals surface area contributed by atoms with E-state index >= 15 is 0 Å². The standard InChI is InChI=1S/C22H25N5O2S/c1-16(17-9-11-19(12-10-17)18-6-3-2-4-7-18)23-21(28)15-30-22-24-25-26-27(22)14-20-8-5-13-29-20/h2-4,6-7,9-12,16,20H,5,8,13-15H2,1H3,(H,23,28)/t16-,20+/m0/s1. The summed E-state index contributed by atoms with van der Waals surface area (Å²) in [6, 6.07) is 18.4. The van der Waals surface area contributed by atoms with Crippen LogP contribution in [0.3, 0.4) is 0 Å². The van der Waals surface area contributed by atoms with Gasteiger partial charge in [-0.2, -0.15) is 0 Å². The minimum absolute atomic E-state index is 0.0497. The first-order chi connectivity index (χ1) is 14.7. The van der Waals surface area contributed by atoms with Crippen LogP contribution < -0.4 is 5.32 Å². The first-order valence-electron chi connectivity index (χ1n) is 10.1. The van der Waals surface area contributed by atoms with Gasteiger partial charge in [0, 0.05) is 6.61 Å². The van der Waals surface area contributed by atoms with Crippen LogP contribution in [0.1, 0.15) is 31.4 Å². The van der Waals surface area contributed by atoms with Gasteiger partial charge in [0.05, 0.1) is 24.4 Å². The number of carbonyl (C=O) groups is 1. The Labute approximate surface area is 180 Å². The van der Waals surface area contributed by atoms with Gasteiger partial charge >= 0.3 is 0 Å². The molecule has 8 heteroatoms. The minimum atomic E-state index is -0.0780. The maximum atomic E-state index is 12.4. The first kappa shape index (κ1) is 20.6. The number of tetrazole rings is 1. The highest BCUT2D eigenvalue weighted by atomic mass is 32.2. The summed E-state index contributed by atoms with van der Waals surface area (Å²) in [5.74, 6) is 0.213. The van der Waals surface area contributed by atoms with Crippen LogP contribution in [0.5, 0.6) is 0 Å². The SMILES string of the molecule is C[C@H](NC(=O)CSc1nnnn1C[C@H]1CCCO1)c1ccc(-c2ccccc2)cc1. The first-order valence-corrected chi connectivity index (χ1v) is 11.1. The van der Waals surface area contributed by atoms with Crippen molar-refractivity contribution in [3.63, 3.8) is 0 Å². The highest BCUT2D eigenvalue weighted by molar-refractivity contribution is 7.99. The van der Waals surface area contributed by atoms with Gasteiger partial charge < -0.3 is 10.1 Å². The largest absolute Gasteiger partial charge is 0.376 e. The van der Waals surface area contributed by atoms with Crippen molar-refractivity contribution < 1.29 is 9.53 Å². The van der Waals surface area contributed by atoms with E-state index in [0.717, 1.165) is 30.6 Å². The molecule has 0 aliphatic carbocycles. The van der Waals surface area contributed by atoms with Crippen molar-refractivity contribution in [2.45, 2.75) is 43.6 Å². The Kier molecular flexibility index (Phi) is 6.76. The fraction of sp³-hybridized carbons (Fsp3) is 0.364. The molecule has 0 spiro atoms. The number of ether oxygens (including phenoxy) is 1. The highest BCUT2D eigenvalue weighted by Gasteiger charge is 2.19. The van der Waals surface area contributed by atoms with Crippen molar-refractivity contribution in [2.24, 2.45) is 0 Å². The molecule has 30 heavy (non-hydrogen) atoms. The molecule has 1 N–H and O–H groups in total. The summed E-state index contributed by atoms with van der Waals surface area (Å²) < 4.78 is 7.36. The van der Waals surface area contributed by atoms with E-state index in [0.29, 0.717) is 11.7 Å². The monoisotopic (exact) mass is 423 g/mol. The van der Waals surface area contributed by atoms with E-state index in [1.165, 1.54) is 17.3 Å². The molecule has 1 saturated heterocycles. The van der Waals surface area contributed by atoms with Crippen LogP contribution in [-0.4, -0.2) is 44.6 Å². The third kappa shape index (κ3) is 5.25. The van der Waals surface area contributed by atoms with Gasteiger partial charge in [-0.05, 0) is 46.9 Å². The normalized spacial score (nSPS) is 17.0. The van der Waals surface area contributed by atoms with Gasteiger partial charge in [-0.15, -0.1) is 5.10 Å². The number of rotatable bonds is 8. The highest BCUT2D eigenvalue weighted by Crippen LogP contribution is 2.22. The van der Waals surface area contributed by atoms with Crippen molar-refractivity contribution in [1.29, 1.82) is 0 Å². The Morgan fingerprint density at radius 2 is 1.97 bits per heavy atom. The lowest BCUT2D eigenvalue weighted by Gasteiger charge is -2.15. The zero-order chi connectivity index (χ0) is 20.8. The lowest BCUT2D eigenvalue weighted by Crippen LogP contribution is -2.28. The van der Waals surface area contributed by atoms with Crippen LogP contribution >= 0.6 is 11.8 Å². The molecule has 1 aromatic heterocycles. The molecular formula is C22H25N5O2S. The molecule has 2 atom stereocenters. The molecule has 2 aromatic carbocycles. The molecule has 1 aliphatic heterocycles. The van der Waals surface area contributed by atoms with Gasteiger partial charge in [-0.1, -0.05) is 66.4 Å². The number of carbonyl (C=O) groups excluding carboxylic acids is 1. The maximum absolute atomic E-state index is 12.4. The molecule has 1 amide bonds. The van der Waals surface area contributed by atoms with E-state index in [9.17, 15) is 4.79 Å². The maximum Gasteiger partial charge on any atom is 0.230 e. The summed E-state index contributed by atoms with van der Waals surface area (Å²) in [7, 11) is 0. The van der Waals surface area contributed by atoms with Crippen LogP contribution in [0.2, 0.25) is 0 Å². The van der Waals surface area contributed by atoms with Crippen LogP contribution in [-0.2, 0) is 16.1 Å². The molecule has 0 saturated carbocycles. The fourth-order valence-corrected chi connectivity index (χ4v) is 4.18. The molecule has 0 bridgehead atoms. The summed E-state index contributed by atoms with van der Waals surface area (Å²) in [5.41, 5.74) is 3.40. The van der Waals surface area contributed by atoms with Crippen LogP contribution in [0.4, 0.5) is 0 Å². The van der Waals surface area contributed by atoms with Crippen LogP contribution in [0.15, 0.2) is 59.8 Å². The number of nitrogens with one attached hydrogen (secondary N) is 1. The lowest BCUT2D eigenvalue weighted by atomic mass is 10.0. The van der Waals surface area contributed by atoms with Crippen LogP contribution in [0.25, 0.3) is 11.1 Å². The van der Waals surface area contributed by atoms with E-state index in [1.54, 1.807) is 4.68 Å². The number of nitrogens with zero attached hydrogens (tertiary/aromatic N) is 4. The van der Waals surface area contributed by atoms with Crippen molar-refractivity contribution in [3.05, 3.63) is 60.2 Å². The van der Waals surface area contributed by atoms with E-state index in [1.807, 2.05) is 25.1 Å².